The van der Waals surface area contributed by atoms with Gasteiger partial charge in [0.1, 0.15) is 5.51 Å². The van der Waals surface area contributed by atoms with Crippen molar-refractivity contribution in [3.63, 3.8) is 0 Å². The zero-order valence-electron chi connectivity index (χ0n) is 8.12. The van der Waals surface area contributed by atoms with Crippen LogP contribution >= 0.6 is 23.1 Å². The van der Waals surface area contributed by atoms with Gasteiger partial charge in [-0.3, -0.25) is 4.98 Å². The smallest absolute Gasteiger partial charge is 0.178 e. The first-order valence-electron chi connectivity index (χ1n) is 4.41. The molecule has 1 unspecified atom stereocenters. The molecule has 2 N–H and O–H groups in total. The Morgan fingerprint density at radius 1 is 1.47 bits per heavy atom. The van der Waals surface area contributed by atoms with E-state index in [4.69, 9.17) is 5.73 Å². The zero-order valence-corrected chi connectivity index (χ0v) is 9.76. The first kappa shape index (κ1) is 10.5. The lowest BCUT2D eigenvalue weighted by Gasteiger charge is -2.04. The molecule has 2 rings (SSSR count). The normalized spacial score (nSPS) is 12.7. The van der Waals surface area contributed by atoms with Gasteiger partial charge in [-0.05, 0) is 19.1 Å². The number of aromatic nitrogens is 3. The summed E-state index contributed by atoms with van der Waals surface area (Å²) in [5.41, 5.74) is 8.32. The van der Waals surface area contributed by atoms with Gasteiger partial charge < -0.3 is 5.73 Å². The Labute approximate surface area is 95.9 Å². The van der Waals surface area contributed by atoms with E-state index in [1.165, 1.54) is 11.3 Å². The van der Waals surface area contributed by atoms with Crippen LogP contribution < -0.4 is 5.73 Å². The summed E-state index contributed by atoms with van der Waals surface area (Å²) in [7, 11) is 0. The summed E-state index contributed by atoms with van der Waals surface area (Å²) >= 11 is 3.07. The predicted molar refractivity (Wildman–Crippen MR) is 60.9 cm³/mol. The number of rotatable bonds is 3. The Morgan fingerprint density at radius 3 is 2.87 bits per heavy atom. The van der Waals surface area contributed by atoms with E-state index in [1.54, 1.807) is 17.3 Å². The van der Waals surface area contributed by atoms with Gasteiger partial charge in [0.05, 0.1) is 5.69 Å². The predicted octanol–water partition coefficient (Wildman–Crippen LogP) is 2.10. The molecule has 0 spiro atoms. The molecule has 0 fully saturated rings. The van der Waals surface area contributed by atoms with Crippen molar-refractivity contribution in [1.82, 2.24) is 15.2 Å². The summed E-state index contributed by atoms with van der Waals surface area (Å²) in [5.74, 6) is 0. The number of hydrogen-bond acceptors (Lipinski definition) is 6. The van der Waals surface area contributed by atoms with Crippen LogP contribution in [0.1, 0.15) is 18.7 Å². The average molecular weight is 238 g/mol. The fraction of sp³-hybridized carbons (Fsp3) is 0.222. The van der Waals surface area contributed by atoms with Gasteiger partial charge in [0, 0.05) is 17.1 Å². The molecule has 0 aromatic carbocycles. The fourth-order valence-corrected chi connectivity index (χ4v) is 2.45. The number of pyridine rings is 1. The fourth-order valence-electron chi connectivity index (χ4n) is 1.03. The van der Waals surface area contributed by atoms with E-state index in [1.807, 2.05) is 25.3 Å². The second kappa shape index (κ2) is 4.69. The molecule has 4 nitrogen and oxygen atoms in total. The van der Waals surface area contributed by atoms with Gasteiger partial charge in [-0.25, -0.2) is 0 Å². The first-order valence-corrected chi connectivity index (χ1v) is 6.11. The summed E-state index contributed by atoms with van der Waals surface area (Å²) in [6.07, 6.45) is 1.81. The van der Waals surface area contributed by atoms with Crippen LogP contribution in [0.4, 0.5) is 0 Å². The molecule has 0 aliphatic carbocycles. The van der Waals surface area contributed by atoms with E-state index in [0.717, 1.165) is 14.9 Å². The molecule has 15 heavy (non-hydrogen) atoms. The molecule has 0 saturated heterocycles. The Hall–Kier alpha value is -0.980. The second-order valence-corrected chi connectivity index (χ2v) is 5.17. The van der Waals surface area contributed by atoms with Gasteiger partial charge in [0.2, 0.25) is 0 Å². The molecule has 0 aliphatic rings. The van der Waals surface area contributed by atoms with Crippen molar-refractivity contribution in [2.24, 2.45) is 5.73 Å². The van der Waals surface area contributed by atoms with Crippen molar-refractivity contribution in [2.45, 2.75) is 22.2 Å². The van der Waals surface area contributed by atoms with Crippen LogP contribution in [0.15, 0.2) is 33.1 Å². The third-order valence-corrected chi connectivity index (χ3v) is 3.53. The maximum absolute atomic E-state index is 5.71. The largest absolute Gasteiger partial charge is 0.323 e. The highest BCUT2D eigenvalue weighted by molar-refractivity contribution is 8.01. The topological polar surface area (TPSA) is 64.7 Å². The standard InChI is InChI=1S/C9H10N4S2/c1-6(10)8-3-2-7(4-11-8)15-9-13-12-5-14-9/h2-6H,10H2,1H3. The Balaban J connectivity index is 2.11. The Bertz CT molecular complexity index is 410. The minimum Gasteiger partial charge on any atom is -0.323 e. The van der Waals surface area contributed by atoms with Crippen molar-refractivity contribution in [1.29, 1.82) is 0 Å². The second-order valence-electron chi connectivity index (χ2n) is 3.01. The Kier molecular flexibility index (Phi) is 3.30. The highest BCUT2D eigenvalue weighted by Gasteiger charge is 2.03. The summed E-state index contributed by atoms with van der Waals surface area (Å²) in [6.45, 7) is 1.92. The number of nitrogens with two attached hydrogens (primary N) is 1. The SMILES string of the molecule is CC(N)c1ccc(Sc2nncs2)cn1. The van der Waals surface area contributed by atoms with Gasteiger partial charge in [-0.1, -0.05) is 23.1 Å². The lowest BCUT2D eigenvalue weighted by Crippen LogP contribution is -2.06. The van der Waals surface area contributed by atoms with Crippen LogP contribution in [0.2, 0.25) is 0 Å². The highest BCUT2D eigenvalue weighted by Crippen LogP contribution is 2.27. The average Bonchev–Trinajstić information content (AvgIpc) is 2.71. The maximum Gasteiger partial charge on any atom is 0.178 e. The van der Waals surface area contributed by atoms with Crippen molar-refractivity contribution in [2.75, 3.05) is 0 Å². The van der Waals surface area contributed by atoms with Gasteiger partial charge in [0.15, 0.2) is 4.34 Å². The van der Waals surface area contributed by atoms with Crippen molar-refractivity contribution in [3.05, 3.63) is 29.5 Å². The summed E-state index contributed by atoms with van der Waals surface area (Å²) in [6, 6.07) is 3.91. The van der Waals surface area contributed by atoms with Gasteiger partial charge in [-0.2, -0.15) is 0 Å². The quantitative estimate of drug-likeness (QED) is 0.887. The monoisotopic (exact) mass is 238 g/mol. The van der Waals surface area contributed by atoms with Crippen LogP contribution in [0, 0.1) is 0 Å². The molecular weight excluding hydrogens is 228 g/mol. The van der Waals surface area contributed by atoms with E-state index < -0.39 is 0 Å². The molecule has 2 aromatic rings. The third kappa shape index (κ3) is 2.74. The Morgan fingerprint density at radius 2 is 2.33 bits per heavy atom. The molecule has 6 heteroatoms. The molecule has 2 aromatic heterocycles. The van der Waals surface area contributed by atoms with Gasteiger partial charge in [0.25, 0.3) is 0 Å². The van der Waals surface area contributed by atoms with Crippen LogP contribution in [0.5, 0.6) is 0 Å². The maximum atomic E-state index is 5.71. The lowest BCUT2D eigenvalue weighted by atomic mass is 10.2. The molecule has 78 valence electrons. The van der Waals surface area contributed by atoms with Crippen molar-refractivity contribution in [3.8, 4) is 0 Å². The van der Waals surface area contributed by atoms with Crippen LogP contribution in [-0.2, 0) is 0 Å². The molecule has 0 saturated carbocycles. The molecule has 0 radical (unpaired) electrons. The molecular formula is C9H10N4S2. The van der Waals surface area contributed by atoms with Crippen LogP contribution in [-0.4, -0.2) is 15.2 Å². The van der Waals surface area contributed by atoms with E-state index in [-0.39, 0.29) is 6.04 Å². The first-order chi connectivity index (χ1) is 7.25. The third-order valence-electron chi connectivity index (χ3n) is 1.77. The summed E-state index contributed by atoms with van der Waals surface area (Å²) in [5, 5.41) is 7.72. The molecule has 2 heterocycles. The molecule has 0 bridgehead atoms. The number of hydrogen-bond donors (Lipinski definition) is 1. The van der Waals surface area contributed by atoms with E-state index in [2.05, 4.69) is 15.2 Å². The summed E-state index contributed by atoms with van der Waals surface area (Å²) < 4.78 is 0.922. The number of nitrogens with zero attached hydrogens (tertiary/aromatic N) is 3. The summed E-state index contributed by atoms with van der Waals surface area (Å²) in [4.78, 5) is 5.32. The zero-order chi connectivity index (χ0) is 10.7. The molecule has 1 atom stereocenters. The van der Waals surface area contributed by atoms with Gasteiger partial charge >= 0.3 is 0 Å². The minimum atomic E-state index is -0.0226. The van der Waals surface area contributed by atoms with E-state index in [0.29, 0.717) is 0 Å². The van der Waals surface area contributed by atoms with Crippen molar-refractivity contribution < 1.29 is 0 Å². The van der Waals surface area contributed by atoms with Crippen LogP contribution in [0.3, 0.4) is 0 Å². The van der Waals surface area contributed by atoms with Crippen LogP contribution in [0.25, 0.3) is 0 Å². The molecule has 0 aliphatic heterocycles. The van der Waals surface area contributed by atoms with E-state index >= 15 is 0 Å². The molecule has 0 amide bonds. The highest BCUT2D eigenvalue weighted by atomic mass is 32.2. The lowest BCUT2D eigenvalue weighted by molar-refractivity contribution is 0.777. The minimum absolute atomic E-state index is 0.0226. The van der Waals surface area contributed by atoms with Gasteiger partial charge in [-0.15, -0.1) is 10.2 Å². The van der Waals surface area contributed by atoms with E-state index in [9.17, 15) is 0 Å². The van der Waals surface area contributed by atoms with Crippen molar-refractivity contribution >= 4 is 23.1 Å².